The minimum Gasteiger partial charge on any atom is -0.229 e. The molecule has 0 bridgehead atoms. The minimum atomic E-state index is -3.56. The van der Waals surface area contributed by atoms with E-state index < -0.39 is 40.5 Å². The quantitative estimate of drug-likeness (QED) is 0.614. The summed E-state index contributed by atoms with van der Waals surface area (Å²) in [4.78, 5) is 0. The fraction of sp³-hybridized carbons (Fsp3) is 1.00. The molecule has 0 aromatic carbocycles. The van der Waals surface area contributed by atoms with Gasteiger partial charge in [0, 0.05) is 18.3 Å². The minimum absolute atomic E-state index is 0.178. The van der Waals surface area contributed by atoms with Gasteiger partial charge in [0.25, 0.3) is 0 Å². The molecule has 0 spiro atoms. The SMILES string of the molecule is CCS(=O)(=O)C(CCS(C)(=O)=O)CS(C)(=O)=O. The van der Waals surface area contributed by atoms with Crippen molar-refractivity contribution >= 4 is 29.5 Å². The Morgan fingerprint density at radius 3 is 1.65 bits per heavy atom. The van der Waals surface area contributed by atoms with Crippen LogP contribution in [0.1, 0.15) is 13.3 Å². The van der Waals surface area contributed by atoms with Crippen LogP contribution in [-0.4, -0.2) is 60.3 Å². The van der Waals surface area contributed by atoms with Crippen LogP contribution in [0, 0.1) is 0 Å². The molecule has 1 unspecified atom stereocenters. The number of rotatable bonds is 7. The summed E-state index contributed by atoms with van der Waals surface area (Å²) in [5.41, 5.74) is 0. The molecule has 0 saturated heterocycles. The van der Waals surface area contributed by atoms with Gasteiger partial charge in [-0.05, 0) is 6.42 Å². The Kier molecular flexibility index (Phi) is 5.61. The van der Waals surface area contributed by atoms with Crippen LogP contribution < -0.4 is 0 Å². The first-order chi connectivity index (χ1) is 7.37. The lowest BCUT2D eigenvalue weighted by Crippen LogP contribution is -2.32. The van der Waals surface area contributed by atoms with Gasteiger partial charge >= 0.3 is 0 Å². The molecule has 0 fully saturated rings. The highest BCUT2D eigenvalue weighted by Crippen LogP contribution is 2.11. The Hall–Kier alpha value is -0.150. The summed E-state index contributed by atoms with van der Waals surface area (Å²) < 4.78 is 67.4. The molecule has 0 aromatic heterocycles. The molecular formula is C8H18O6S3. The summed E-state index contributed by atoms with van der Waals surface area (Å²) in [7, 11) is -10.3. The van der Waals surface area contributed by atoms with E-state index in [4.69, 9.17) is 0 Å². The summed E-state index contributed by atoms with van der Waals surface area (Å²) in [5, 5.41) is -1.14. The Morgan fingerprint density at radius 1 is 0.882 bits per heavy atom. The molecule has 0 amide bonds. The number of sulfone groups is 3. The van der Waals surface area contributed by atoms with Crippen LogP contribution in [0.3, 0.4) is 0 Å². The van der Waals surface area contributed by atoms with Crippen LogP contribution in [0.4, 0.5) is 0 Å². The zero-order chi connectivity index (χ0) is 13.9. The van der Waals surface area contributed by atoms with E-state index in [1.807, 2.05) is 0 Å². The summed E-state index contributed by atoms with van der Waals surface area (Å²) in [6.07, 6.45) is 1.75. The highest BCUT2D eigenvalue weighted by molar-refractivity contribution is 7.95. The second kappa shape index (κ2) is 5.66. The lowest BCUT2D eigenvalue weighted by molar-refractivity contribution is 0.570. The molecule has 0 aliphatic carbocycles. The molecule has 0 aromatic rings. The van der Waals surface area contributed by atoms with Crippen LogP contribution in [0.2, 0.25) is 0 Å². The summed E-state index contributed by atoms with van der Waals surface area (Å²) in [6.45, 7) is 1.41. The molecule has 0 rings (SSSR count). The summed E-state index contributed by atoms with van der Waals surface area (Å²) in [6, 6.07) is 0. The fourth-order valence-electron chi connectivity index (χ4n) is 1.29. The van der Waals surface area contributed by atoms with Gasteiger partial charge in [0.05, 0.1) is 16.8 Å². The highest BCUT2D eigenvalue weighted by Gasteiger charge is 2.28. The van der Waals surface area contributed by atoms with Gasteiger partial charge in [0.2, 0.25) is 0 Å². The Labute approximate surface area is 103 Å². The fourth-order valence-corrected chi connectivity index (χ4v) is 5.51. The monoisotopic (exact) mass is 306 g/mol. The molecule has 0 N–H and O–H groups in total. The third-order valence-corrected chi connectivity index (χ3v) is 6.63. The van der Waals surface area contributed by atoms with Crippen molar-refractivity contribution in [1.82, 2.24) is 0 Å². The maximum atomic E-state index is 11.6. The normalized spacial score (nSPS) is 15.7. The highest BCUT2D eigenvalue weighted by atomic mass is 32.2. The van der Waals surface area contributed by atoms with Crippen molar-refractivity contribution in [2.75, 3.05) is 29.8 Å². The van der Waals surface area contributed by atoms with Gasteiger partial charge in [-0.2, -0.15) is 0 Å². The maximum Gasteiger partial charge on any atom is 0.153 e. The van der Waals surface area contributed by atoms with Crippen molar-refractivity contribution in [2.45, 2.75) is 18.6 Å². The van der Waals surface area contributed by atoms with Crippen molar-refractivity contribution in [1.29, 1.82) is 0 Å². The molecule has 9 heteroatoms. The average molecular weight is 306 g/mol. The number of hydrogen-bond donors (Lipinski definition) is 0. The van der Waals surface area contributed by atoms with Gasteiger partial charge in [-0.1, -0.05) is 6.92 Å². The molecule has 0 aliphatic rings. The van der Waals surface area contributed by atoms with E-state index in [0.717, 1.165) is 12.5 Å². The van der Waals surface area contributed by atoms with E-state index in [-0.39, 0.29) is 17.9 Å². The van der Waals surface area contributed by atoms with E-state index in [2.05, 4.69) is 0 Å². The van der Waals surface area contributed by atoms with Crippen molar-refractivity contribution in [3.63, 3.8) is 0 Å². The standard InChI is InChI=1S/C8H18O6S3/c1-4-17(13,14)8(7-16(3,11)12)5-6-15(2,9)10/h8H,4-7H2,1-3H3. The van der Waals surface area contributed by atoms with Crippen LogP contribution in [0.15, 0.2) is 0 Å². The molecule has 0 heterocycles. The van der Waals surface area contributed by atoms with E-state index >= 15 is 0 Å². The van der Waals surface area contributed by atoms with Crippen LogP contribution in [-0.2, 0) is 29.5 Å². The van der Waals surface area contributed by atoms with Crippen molar-refractivity contribution in [2.24, 2.45) is 0 Å². The predicted molar refractivity (Wildman–Crippen MR) is 67.3 cm³/mol. The average Bonchev–Trinajstić information content (AvgIpc) is 2.08. The van der Waals surface area contributed by atoms with Crippen molar-refractivity contribution in [3.8, 4) is 0 Å². The first kappa shape index (κ1) is 16.9. The first-order valence-corrected chi connectivity index (χ1v) is 10.8. The first-order valence-electron chi connectivity index (χ1n) is 4.94. The molecule has 6 nitrogen and oxygen atoms in total. The van der Waals surface area contributed by atoms with Gasteiger partial charge < -0.3 is 0 Å². The smallest absolute Gasteiger partial charge is 0.153 e. The van der Waals surface area contributed by atoms with Crippen molar-refractivity contribution in [3.05, 3.63) is 0 Å². The Bertz CT molecular complexity index is 540. The second-order valence-electron chi connectivity index (χ2n) is 4.08. The van der Waals surface area contributed by atoms with Crippen molar-refractivity contribution < 1.29 is 25.3 Å². The van der Waals surface area contributed by atoms with E-state index in [1.54, 1.807) is 0 Å². The third kappa shape index (κ3) is 7.72. The molecule has 1 atom stereocenters. The zero-order valence-electron chi connectivity index (χ0n) is 10.1. The summed E-state index contributed by atoms with van der Waals surface area (Å²) >= 11 is 0. The molecule has 0 aliphatic heterocycles. The Morgan fingerprint density at radius 2 is 1.35 bits per heavy atom. The van der Waals surface area contributed by atoms with Gasteiger partial charge in [0.15, 0.2) is 9.84 Å². The van der Waals surface area contributed by atoms with Gasteiger partial charge in [0.1, 0.15) is 19.7 Å². The lowest BCUT2D eigenvalue weighted by atomic mass is 10.4. The predicted octanol–water partition coefficient (Wildman–Crippen LogP) is -0.731. The van der Waals surface area contributed by atoms with E-state index in [0.29, 0.717) is 0 Å². The third-order valence-electron chi connectivity index (χ3n) is 2.21. The van der Waals surface area contributed by atoms with Crippen LogP contribution >= 0.6 is 0 Å². The molecule has 0 saturated carbocycles. The zero-order valence-corrected chi connectivity index (χ0v) is 12.5. The second-order valence-corrected chi connectivity index (χ2v) is 11.1. The maximum absolute atomic E-state index is 11.6. The van der Waals surface area contributed by atoms with Gasteiger partial charge in [-0.25, -0.2) is 25.3 Å². The number of hydrogen-bond acceptors (Lipinski definition) is 6. The Balaban J connectivity index is 5.02. The van der Waals surface area contributed by atoms with E-state index in [1.165, 1.54) is 6.92 Å². The van der Waals surface area contributed by atoms with Gasteiger partial charge in [-0.3, -0.25) is 0 Å². The molecule has 0 radical (unpaired) electrons. The lowest BCUT2D eigenvalue weighted by Gasteiger charge is -2.15. The van der Waals surface area contributed by atoms with Crippen LogP contribution in [0.25, 0.3) is 0 Å². The molecular weight excluding hydrogens is 288 g/mol. The topological polar surface area (TPSA) is 102 Å². The van der Waals surface area contributed by atoms with E-state index in [9.17, 15) is 25.3 Å². The largest absolute Gasteiger partial charge is 0.229 e. The molecule has 104 valence electrons. The van der Waals surface area contributed by atoms with Gasteiger partial charge in [-0.15, -0.1) is 0 Å². The van der Waals surface area contributed by atoms with Crippen LogP contribution in [0.5, 0.6) is 0 Å². The molecule has 17 heavy (non-hydrogen) atoms. The summed E-state index contributed by atoms with van der Waals surface area (Å²) in [5.74, 6) is -1.05.